The summed E-state index contributed by atoms with van der Waals surface area (Å²) in [5.74, 6) is 0.347. The number of aryl methyl sites for hydroxylation is 1. The van der Waals surface area contributed by atoms with Crippen LogP contribution in [0, 0.1) is 0 Å². The van der Waals surface area contributed by atoms with Crippen LogP contribution in [0.25, 0.3) is 21.9 Å². The van der Waals surface area contributed by atoms with E-state index in [-0.39, 0.29) is 5.91 Å². The molecule has 0 saturated carbocycles. The lowest BCUT2D eigenvalue weighted by Gasteiger charge is -2.10. The molecule has 27 heavy (non-hydrogen) atoms. The van der Waals surface area contributed by atoms with Crippen LogP contribution >= 0.6 is 0 Å². The van der Waals surface area contributed by atoms with Crippen LogP contribution in [0.15, 0.2) is 63.8 Å². The minimum atomic E-state index is -0.452. The van der Waals surface area contributed by atoms with Crippen molar-refractivity contribution in [3.8, 4) is 5.75 Å². The molecule has 0 aliphatic rings. The van der Waals surface area contributed by atoms with E-state index in [1.807, 2.05) is 29.7 Å². The van der Waals surface area contributed by atoms with Gasteiger partial charge in [-0.2, -0.15) is 0 Å². The van der Waals surface area contributed by atoms with Gasteiger partial charge in [0.15, 0.2) is 0 Å². The Labute approximate surface area is 155 Å². The van der Waals surface area contributed by atoms with Gasteiger partial charge in [-0.25, -0.2) is 4.79 Å². The number of hydrogen-bond donors (Lipinski definition) is 1. The van der Waals surface area contributed by atoms with Gasteiger partial charge in [-0.3, -0.25) is 4.79 Å². The Morgan fingerprint density at radius 2 is 1.93 bits per heavy atom. The number of nitrogens with zero attached hydrogens (tertiary/aromatic N) is 1. The molecule has 1 N–H and O–H groups in total. The third kappa shape index (κ3) is 2.85. The number of fused-ring (bicyclic) bond motifs is 3. The summed E-state index contributed by atoms with van der Waals surface area (Å²) in [6, 6.07) is 16.0. The summed E-state index contributed by atoms with van der Waals surface area (Å²) in [5.41, 5.74) is 1.78. The van der Waals surface area contributed by atoms with Crippen molar-refractivity contribution in [2.45, 2.75) is 13.5 Å². The molecule has 0 radical (unpaired) electrons. The molecule has 0 atom stereocenters. The van der Waals surface area contributed by atoms with Crippen LogP contribution in [0.2, 0.25) is 0 Å². The van der Waals surface area contributed by atoms with Crippen LogP contribution in [-0.4, -0.2) is 17.6 Å². The van der Waals surface area contributed by atoms with Gasteiger partial charge in [-0.1, -0.05) is 18.2 Å². The second-order valence-corrected chi connectivity index (χ2v) is 6.11. The Kier molecular flexibility index (Phi) is 4.16. The van der Waals surface area contributed by atoms with Crippen LogP contribution in [-0.2, 0) is 6.54 Å². The van der Waals surface area contributed by atoms with Crippen molar-refractivity contribution in [1.29, 1.82) is 0 Å². The number of carbonyl (C=O) groups is 1. The maximum atomic E-state index is 12.9. The molecular formula is C21H18N2O4. The molecule has 0 aliphatic carbocycles. The predicted molar refractivity (Wildman–Crippen MR) is 105 cm³/mol. The van der Waals surface area contributed by atoms with Crippen LogP contribution in [0.5, 0.6) is 5.75 Å². The maximum absolute atomic E-state index is 12.9. The molecule has 2 aromatic carbocycles. The second-order valence-electron chi connectivity index (χ2n) is 6.11. The topological polar surface area (TPSA) is 73.5 Å². The average Bonchev–Trinajstić information content (AvgIpc) is 3.09. The molecule has 0 spiro atoms. The number of hydrogen-bond acceptors (Lipinski definition) is 4. The van der Waals surface area contributed by atoms with Crippen molar-refractivity contribution < 1.29 is 13.9 Å². The molecule has 136 valence electrons. The molecule has 0 fully saturated rings. The quantitative estimate of drug-likeness (QED) is 0.556. The molecule has 4 rings (SSSR count). The van der Waals surface area contributed by atoms with Crippen molar-refractivity contribution in [3.63, 3.8) is 0 Å². The number of para-hydroxylation sites is 1. The molecule has 2 heterocycles. The van der Waals surface area contributed by atoms with Gasteiger partial charge in [-0.05, 0) is 37.3 Å². The number of carbonyl (C=O) groups excluding carboxylic acids is 1. The van der Waals surface area contributed by atoms with Gasteiger partial charge in [0.05, 0.1) is 18.0 Å². The fraction of sp³-hybridized carbons (Fsp3) is 0.143. The smallest absolute Gasteiger partial charge is 0.345 e. The molecule has 4 aromatic rings. The number of benzene rings is 2. The van der Waals surface area contributed by atoms with E-state index in [0.29, 0.717) is 40.2 Å². The van der Waals surface area contributed by atoms with Gasteiger partial charge >= 0.3 is 5.63 Å². The van der Waals surface area contributed by atoms with E-state index >= 15 is 0 Å². The molecule has 0 aliphatic heterocycles. The van der Waals surface area contributed by atoms with E-state index in [0.717, 1.165) is 5.39 Å². The van der Waals surface area contributed by atoms with E-state index in [2.05, 4.69) is 5.32 Å². The van der Waals surface area contributed by atoms with E-state index in [1.54, 1.807) is 43.5 Å². The first-order chi connectivity index (χ1) is 13.1. The third-order valence-electron chi connectivity index (χ3n) is 4.54. The van der Waals surface area contributed by atoms with Crippen molar-refractivity contribution >= 4 is 33.5 Å². The maximum Gasteiger partial charge on any atom is 0.345 e. The Morgan fingerprint density at radius 3 is 2.70 bits per heavy atom. The van der Waals surface area contributed by atoms with E-state index in [1.165, 1.54) is 0 Å². The molecule has 0 bridgehead atoms. The number of nitrogens with one attached hydrogen (secondary N) is 1. The van der Waals surface area contributed by atoms with Crippen molar-refractivity contribution in [1.82, 2.24) is 4.57 Å². The Morgan fingerprint density at radius 1 is 1.11 bits per heavy atom. The largest absolute Gasteiger partial charge is 0.497 e. The van der Waals surface area contributed by atoms with Crippen LogP contribution in [0.4, 0.5) is 5.69 Å². The first-order valence-corrected chi connectivity index (χ1v) is 8.63. The summed E-state index contributed by atoms with van der Waals surface area (Å²) in [7, 11) is 1.57. The molecule has 0 unspecified atom stereocenters. The average molecular weight is 362 g/mol. The normalized spacial score (nSPS) is 11.0. The lowest BCUT2D eigenvalue weighted by atomic mass is 10.2. The summed E-state index contributed by atoms with van der Waals surface area (Å²) in [6.45, 7) is 2.48. The Balaban J connectivity index is 1.86. The zero-order valence-electron chi connectivity index (χ0n) is 15.0. The van der Waals surface area contributed by atoms with Gasteiger partial charge in [-0.15, -0.1) is 0 Å². The predicted octanol–water partition coefficient (Wildman–Crippen LogP) is 4.03. The summed E-state index contributed by atoms with van der Waals surface area (Å²) < 4.78 is 12.4. The first kappa shape index (κ1) is 16.9. The SMILES string of the molecule is CCn1c(C(=O)Nc2cccc(OC)c2)cc2c(=O)oc3ccccc3c21. The van der Waals surface area contributed by atoms with E-state index < -0.39 is 5.63 Å². The summed E-state index contributed by atoms with van der Waals surface area (Å²) in [6.07, 6.45) is 0. The monoisotopic (exact) mass is 362 g/mol. The zero-order chi connectivity index (χ0) is 19.0. The highest BCUT2D eigenvalue weighted by atomic mass is 16.5. The second kappa shape index (κ2) is 6.64. The van der Waals surface area contributed by atoms with E-state index in [4.69, 9.17) is 9.15 Å². The number of rotatable bonds is 4. The summed E-state index contributed by atoms with van der Waals surface area (Å²) in [5, 5.41) is 4.06. The van der Waals surface area contributed by atoms with Gasteiger partial charge < -0.3 is 19.0 Å². The Hall–Kier alpha value is -3.54. The van der Waals surface area contributed by atoms with Gasteiger partial charge in [0.1, 0.15) is 17.0 Å². The zero-order valence-corrected chi connectivity index (χ0v) is 15.0. The first-order valence-electron chi connectivity index (χ1n) is 8.63. The highest BCUT2D eigenvalue weighted by molar-refractivity contribution is 6.10. The minimum absolute atomic E-state index is 0.301. The van der Waals surface area contributed by atoms with Crippen LogP contribution in [0.3, 0.4) is 0 Å². The molecule has 6 heteroatoms. The minimum Gasteiger partial charge on any atom is -0.497 e. The van der Waals surface area contributed by atoms with E-state index in [9.17, 15) is 9.59 Å². The molecule has 0 saturated heterocycles. The fourth-order valence-electron chi connectivity index (χ4n) is 3.31. The van der Waals surface area contributed by atoms with Gasteiger partial charge in [0.25, 0.3) is 5.91 Å². The fourth-order valence-corrected chi connectivity index (χ4v) is 3.31. The molecule has 1 amide bonds. The standard InChI is InChI=1S/C21H18N2O4/c1-3-23-17(20(24)22-13-7-6-8-14(11-13)26-2)12-16-19(23)15-9-4-5-10-18(15)27-21(16)25/h4-12H,3H2,1-2H3,(H,22,24). The number of ether oxygens (including phenoxy) is 1. The van der Waals surface area contributed by atoms with Crippen LogP contribution in [0.1, 0.15) is 17.4 Å². The number of methoxy groups -OCH3 is 1. The van der Waals surface area contributed by atoms with Crippen molar-refractivity contribution in [3.05, 3.63) is 70.7 Å². The highest BCUT2D eigenvalue weighted by Crippen LogP contribution is 2.27. The Bertz CT molecular complexity index is 1220. The molecule has 6 nitrogen and oxygen atoms in total. The highest BCUT2D eigenvalue weighted by Gasteiger charge is 2.20. The van der Waals surface area contributed by atoms with Gasteiger partial charge in [0.2, 0.25) is 0 Å². The van der Waals surface area contributed by atoms with Crippen molar-refractivity contribution in [2.24, 2.45) is 0 Å². The summed E-state index contributed by atoms with van der Waals surface area (Å²) in [4.78, 5) is 25.3. The molecule has 2 aromatic heterocycles. The van der Waals surface area contributed by atoms with Gasteiger partial charge in [0, 0.05) is 23.7 Å². The number of amides is 1. The summed E-state index contributed by atoms with van der Waals surface area (Å²) >= 11 is 0. The third-order valence-corrected chi connectivity index (χ3v) is 4.54. The van der Waals surface area contributed by atoms with Crippen molar-refractivity contribution in [2.75, 3.05) is 12.4 Å². The molecular weight excluding hydrogens is 344 g/mol. The lowest BCUT2D eigenvalue weighted by molar-refractivity contribution is 0.101. The number of anilines is 1. The van der Waals surface area contributed by atoms with Crippen LogP contribution < -0.4 is 15.7 Å². The lowest BCUT2D eigenvalue weighted by Crippen LogP contribution is -2.16. The number of aromatic nitrogens is 1.